The van der Waals surface area contributed by atoms with Crippen molar-refractivity contribution in [2.75, 3.05) is 19.6 Å². The maximum atomic E-state index is 12.2. The van der Waals surface area contributed by atoms with Gasteiger partial charge in [-0.1, -0.05) is 0 Å². The lowest BCUT2D eigenvalue weighted by atomic mass is 10.2. The van der Waals surface area contributed by atoms with Crippen molar-refractivity contribution in [3.63, 3.8) is 0 Å². The number of amides is 1. The molecule has 2 rings (SSSR count). The molecule has 1 amide bonds. The summed E-state index contributed by atoms with van der Waals surface area (Å²) in [6.07, 6.45) is 2.91. The molecule has 0 bridgehead atoms. The van der Waals surface area contributed by atoms with Gasteiger partial charge in [-0.05, 0) is 13.0 Å². The third-order valence-electron chi connectivity index (χ3n) is 2.71. The quantitative estimate of drug-likeness (QED) is 0.760. The van der Waals surface area contributed by atoms with E-state index in [2.05, 4.69) is 10.2 Å². The zero-order valence-electron chi connectivity index (χ0n) is 9.74. The smallest absolute Gasteiger partial charge is 0.255 e. The molecule has 0 aromatic carbocycles. The highest BCUT2D eigenvalue weighted by molar-refractivity contribution is 5.93. The average molecular weight is 236 g/mol. The summed E-state index contributed by atoms with van der Waals surface area (Å²) in [5.74, 6) is -0.0477. The molecule has 1 saturated heterocycles. The molecule has 0 aliphatic carbocycles. The fourth-order valence-electron chi connectivity index (χ4n) is 1.94. The summed E-state index contributed by atoms with van der Waals surface area (Å²) in [7, 11) is 0. The number of carbonyl (C=O) groups excluding carboxylic acids is 1. The number of nitrogens with two attached hydrogens (primary N) is 1. The zero-order chi connectivity index (χ0) is 12.3. The maximum absolute atomic E-state index is 12.2. The van der Waals surface area contributed by atoms with E-state index in [4.69, 9.17) is 10.5 Å². The second-order valence-electron chi connectivity index (χ2n) is 4.15. The number of nitrogens with zero attached hydrogens (tertiary/aromatic N) is 3. The third-order valence-corrected chi connectivity index (χ3v) is 2.71. The summed E-state index contributed by atoms with van der Waals surface area (Å²) in [5, 5.41) is 7.36. The summed E-state index contributed by atoms with van der Waals surface area (Å²) >= 11 is 0. The lowest BCUT2D eigenvalue weighted by molar-refractivity contribution is -0.0625. The molecular weight excluding hydrogens is 220 g/mol. The Balaban J connectivity index is 2.09. The molecule has 92 valence electrons. The van der Waals surface area contributed by atoms with Gasteiger partial charge in [0.25, 0.3) is 5.91 Å². The Morgan fingerprint density at radius 3 is 3.06 bits per heavy atom. The normalized spacial score (nSPS) is 24.7. The first-order valence-electron chi connectivity index (χ1n) is 5.62. The van der Waals surface area contributed by atoms with Crippen LogP contribution in [-0.2, 0) is 4.74 Å². The fraction of sp³-hybridized carbons (Fsp3) is 0.545. The van der Waals surface area contributed by atoms with Gasteiger partial charge in [-0.15, -0.1) is 0 Å². The topological polar surface area (TPSA) is 81.3 Å². The monoisotopic (exact) mass is 236 g/mol. The standard InChI is InChI=1S/C11H16N4O2/c1-8-6-15(7-10(4-12)17-8)11(16)9-2-3-13-14-5-9/h2-3,5,8,10H,4,6-7,12H2,1H3. The van der Waals surface area contributed by atoms with Gasteiger partial charge >= 0.3 is 0 Å². The molecule has 17 heavy (non-hydrogen) atoms. The molecule has 1 aliphatic heterocycles. The van der Waals surface area contributed by atoms with Crippen LogP contribution in [-0.4, -0.2) is 52.8 Å². The van der Waals surface area contributed by atoms with Crippen molar-refractivity contribution in [3.8, 4) is 0 Å². The van der Waals surface area contributed by atoms with Gasteiger partial charge in [0.2, 0.25) is 0 Å². The van der Waals surface area contributed by atoms with Crippen LogP contribution in [0.15, 0.2) is 18.5 Å². The van der Waals surface area contributed by atoms with Crippen molar-refractivity contribution in [2.24, 2.45) is 5.73 Å². The first kappa shape index (κ1) is 11.9. The molecular formula is C11H16N4O2. The molecule has 2 N–H and O–H groups in total. The highest BCUT2D eigenvalue weighted by atomic mass is 16.5. The van der Waals surface area contributed by atoms with Crippen molar-refractivity contribution >= 4 is 5.91 Å². The molecule has 1 fully saturated rings. The zero-order valence-corrected chi connectivity index (χ0v) is 9.74. The van der Waals surface area contributed by atoms with Gasteiger partial charge in [-0.3, -0.25) is 4.79 Å². The summed E-state index contributed by atoms with van der Waals surface area (Å²) in [6, 6.07) is 1.66. The van der Waals surface area contributed by atoms with Crippen LogP contribution in [0.25, 0.3) is 0 Å². The number of morpholine rings is 1. The van der Waals surface area contributed by atoms with E-state index in [0.717, 1.165) is 0 Å². The van der Waals surface area contributed by atoms with E-state index < -0.39 is 0 Å². The number of ether oxygens (including phenoxy) is 1. The number of aromatic nitrogens is 2. The van der Waals surface area contributed by atoms with Crippen LogP contribution in [0.5, 0.6) is 0 Å². The van der Waals surface area contributed by atoms with E-state index in [1.807, 2.05) is 6.92 Å². The van der Waals surface area contributed by atoms with Gasteiger partial charge in [-0.2, -0.15) is 10.2 Å². The summed E-state index contributed by atoms with van der Waals surface area (Å²) in [5.41, 5.74) is 6.13. The predicted molar refractivity (Wildman–Crippen MR) is 61.3 cm³/mol. The van der Waals surface area contributed by atoms with Crippen LogP contribution >= 0.6 is 0 Å². The van der Waals surface area contributed by atoms with Gasteiger partial charge < -0.3 is 15.4 Å². The molecule has 0 spiro atoms. The van der Waals surface area contributed by atoms with E-state index in [1.54, 1.807) is 11.0 Å². The van der Waals surface area contributed by atoms with Crippen molar-refractivity contribution in [1.82, 2.24) is 15.1 Å². The van der Waals surface area contributed by atoms with Gasteiger partial charge in [0, 0.05) is 19.6 Å². The number of hydrogen-bond acceptors (Lipinski definition) is 5. The molecule has 2 atom stereocenters. The van der Waals surface area contributed by atoms with Crippen LogP contribution in [0.3, 0.4) is 0 Å². The minimum Gasteiger partial charge on any atom is -0.370 e. The average Bonchev–Trinajstić information content (AvgIpc) is 2.38. The molecule has 6 heteroatoms. The van der Waals surface area contributed by atoms with Crippen molar-refractivity contribution in [2.45, 2.75) is 19.1 Å². The van der Waals surface area contributed by atoms with Crippen LogP contribution in [0.2, 0.25) is 0 Å². The second kappa shape index (κ2) is 5.20. The first-order valence-corrected chi connectivity index (χ1v) is 5.62. The lowest BCUT2D eigenvalue weighted by Gasteiger charge is -2.36. The minimum absolute atomic E-state index is 0.0102. The Labute approximate surface area is 99.8 Å². The number of rotatable bonds is 2. The van der Waals surface area contributed by atoms with Gasteiger partial charge in [0.1, 0.15) is 0 Å². The van der Waals surface area contributed by atoms with Crippen molar-refractivity contribution in [1.29, 1.82) is 0 Å². The third kappa shape index (κ3) is 2.78. The molecule has 1 aromatic heterocycles. The number of hydrogen-bond donors (Lipinski definition) is 1. The van der Waals surface area contributed by atoms with Crippen LogP contribution in [0.1, 0.15) is 17.3 Å². The van der Waals surface area contributed by atoms with E-state index in [0.29, 0.717) is 25.2 Å². The molecule has 2 unspecified atom stereocenters. The summed E-state index contributed by atoms with van der Waals surface area (Å²) in [6.45, 7) is 3.47. The van der Waals surface area contributed by atoms with E-state index in [9.17, 15) is 4.79 Å². The van der Waals surface area contributed by atoms with Crippen molar-refractivity contribution < 1.29 is 9.53 Å². The fourth-order valence-corrected chi connectivity index (χ4v) is 1.94. The molecule has 1 aromatic rings. The van der Waals surface area contributed by atoms with E-state index >= 15 is 0 Å². The Hall–Kier alpha value is -1.53. The minimum atomic E-state index is -0.0857. The van der Waals surface area contributed by atoms with Gasteiger partial charge in [0.15, 0.2) is 0 Å². The largest absolute Gasteiger partial charge is 0.370 e. The summed E-state index contributed by atoms with van der Waals surface area (Å²) in [4.78, 5) is 13.9. The molecule has 0 radical (unpaired) electrons. The SMILES string of the molecule is CC1CN(C(=O)c2ccnnc2)CC(CN)O1. The van der Waals surface area contributed by atoms with Crippen LogP contribution in [0.4, 0.5) is 0 Å². The molecule has 6 nitrogen and oxygen atoms in total. The highest BCUT2D eigenvalue weighted by Crippen LogP contribution is 2.13. The molecule has 1 aliphatic rings. The van der Waals surface area contributed by atoms with E-state index in [1.165, 1.54) is 12.4 Å². The second-order valence-corrected chi connectivity index (χ2v) is 4.15. The Bertz CT molecular complexity index is 384. The predicted octanol–water partition coefficient (Wildman–Crippen LogP) is -0.335. The molecule has 0 saturated carbocycles. The van der Waals surface area contributed by atoms with Crippen LogP contribution in [0, 0.1) is 0 Å². The Morgan fingerprint density at radius 1 is 1.59 bits per heavy atom. The van der Waals surface area contributed by atoms with Crippen molar-refractivity contribution in [3.05, 3.63) is 24.0 Å². The van der Waals surface area contributed by atoms with Gasteiger partial charge in [-0.25, -0.2) is 0 Å². The lowest BCUT2D eigenvalue weighted by Crippen LogP contribution is -2.51. The Morgan fingerprint density at radius 2 is 2.41 bits per heavy atom. The maximum Gasteiger partial charge on any atom is 0.255 e. The first-order chi connectivity index (χ1) is 8.20. The Kier molecular flexibility index (Phi) is 3.65. The highest BCUT2D eigenvalue weighted by Gasteiger charge is 2.28. The van der Waals surface area contributed by atoms with Crippen LogP contribution < -0.4 is 5.73 Å². The summed E-state index contributed by atoms with van der Waals surface area (Å²) < 4.78 is 5.60. The van der Waals surface area contributed by atoms with E-state index in [-0.39, 0.29) is 18.1 Å². The van der Waals surface area contributed by atoms with Gasteiger partial charge in [0.05, 0.1) is 30.2 Å². The molecule has 2 heterocycles. The number of carbonyl (C=O) groups is 1.